The predicted molar refractivity (Wildman–Crippen MR) is 81.2 cm³/mol. The van der Waals surface area contributed by atoms with Crippen LogP contribution in [0.15, 0.2) is 18.2 Å². The van der Waals surface area contributed by atoms with E-state index in [-0.39, 0.29) is 0 Å². The Morgan fingerprint density at radius 2 is 2.10 bits per heavy atom. The summed E-state index contributed by atoms with van der Waals surface area (Å²) >= 11 is 0. The van der Waals surface area contributed by atoms with Gasteiger partial charge in [-0.25, -0.2) is 4.98 Å². The van der Waals surface area contributed by atoms with Crippen LogP contribution >= 0.6 is 0 Å². The Morgan fingerprint density at radius 1 is 1.25 bits per heavy atom. The van der Waals surface area contributed by atoms with Crippen LogP contribution < -0.4 is 5.32 Å². The molecule has 4 heteroatoms. The van der Waals surface area contributed by atoms with E-state index in [1.54, 1.807) is 0 Å². The molecule has 0 amide bonds. The van der Waals surface area contributed by atoms with Gasteiger partial charge >= 0.3 is 0 Å². The van der Waals surface area contributed by atoms with Crippen molar-refractivity contribution in [2.75, 3.05) is 38.7 Å². The summed E-state index contributed by atoms with van der Waals surface area (Å²) in [6, 6.07) is 6.81. The molecular formula is C16H25N3O. The van der Waals surface area contributed by atoms with Crippen molar-refractivity contribution in [2.24, 2.45) is 0 Å². The largest absolute Gasteiger partial charge is 0.379 e. The Balaban J connectivity index is 1.63. The van der Waals surface area contributed by atoms with Crippen LogP contribution in [0.3, 0.4) is 0 Å². The number of hydrogen-bond donors (Lipinski definition) is 1. The Kier molecular flexibility index (Phi) is 4.53. The van der Waals surface area contributed by atoms with Crippen molar-refractivity contribution < 1.29 is 4.74 Å². The van der Waals surface area contributed by atoms with Crippen molar-refractivity contribution in [1.29, 1.82) is 0 Å². The highest BCUT2D eigenvalue weighted by Crippen LogP contribution is 2.27. The summed E-state index contributed by atoms with van der Waals surface area (Å²) in [5.41, 5.74) is 1.25. The lowest BCUT2D eigenvalue weighted by atomic mass is 9.93. The SMILES string of the molecule is CN1CCC(c2cccc(NC3CCCOC3)n2)CC1. The highest BCUT2D eigenvalue weighted by atomic mass is 16.5. The summed E-state index contributed by atoms with van der Waals surface area (Å²) in [5, 5.41) is 3.52. The van der Waals surface area contributed by atoms with Crippen LogP contribution in [-0.2, 0) is 4.74 Å². The first-order chi connectivity index (χ1) is 9.81. The number of piperidine rings is 1. The molecule has 2 saturated heterocycles. The van der Waals surface area contributed by atoms with E-state index in [0.717, 1.165) is 25.5 Å². The normalized spacial score (nSPS) is 25.6. The lowest BCUT2D eigenvalue weighted by molar-refractivity contribution is 0.0875. The van der Waals surface area contributed by atoms with E-state index in [0.29, 0.717) is 12.0 Å². The minimum Gasteiger partial charge on any atom is -0.379 e. The molecule has 0 bridgehead atoms. The molecule has 1 aromatic rings. The molecule has 2 aliphatic rings. The fraction of sp³-hybridized carbons (Fsp3) is 0.688. The van der Waals surface area contributed by atoms with Gasteiger partial charge in [-0.15, -0.1) is 0 Å². The van der Waals surface area contributed by atoms with Gasteiger partial charge in [0.1, 0.15) is 5.82 Å². The highest BCUT2D eigenvalue weighted by Gasteiger charge is 2.20. The molecule has 2 aliphatic heterocycles. The second-order valence-electron chi connectivity index (χ2n) is 6.08. The topological polar surface area (TPSA) is 37.4 Å². The fourth-order valence-electron chi connectivity index (χ4n) is 3.13. The van der Waals surface area contributed by atoms with Crippen molar-refractivity contribution in [2.45, 2.75) is 37.6 Å². The van der Waals surface area contributed by atoms with E-state index in [9.17, 15) is 0 Å². The summed E-state index contributed by atoms with van der Waals surface area (Å²) in [4.78, 5) is 7.23. The Labute approximate surface area is 121 Å². The van der Waals surface area contributed by atoms with Gasteiger partial charge in [0, 0.05) is 18.2 Å². The number of likely N-dealkylation sites (tertiary alicyclic amines) is 1. The van der Waals surface area contributed by atoms with Crippen LogP contribution in [0, 0.1) is 0 Å². The van der Waals surface area contributed by atoms with E-state index >= 15 is 0 Å². The van der Waals surface area contributed by atoms with Crippen LogP contribution in [0.2, 0.25) is 0 Å². The fourth-order valence-corrected chi connectivity index (χ4v) is 3.13. The molecule has 3 heterocycles. The van der Waals surface area contributed by atoms with Gasteiger partial charge in [-0.05, 0) is 58.0 Å². The van der Waals surface area contributed by atoms with Crippen molar-refractivity contribution in [3.63, 3.8) is 0 Å². The quantitative estimate of drug-likeness (QED) is 0.919. The van der Waals surface area contributed by atoms with Crippen molar-refractivity contribution in [3.05, 3.63) is 23.9 Å². The Hall–Kier alpha value is -1.13. The molecule has 4 nitrogen and oxygen atoms in total. The third kappa shape index (κ3) is 3.49. The minimum absolute atomic E-state index is 0.420. The molecule has 1 atom stereocenters. The predicted octanol–water partition coefficient (Wildman–Crippen LogP) is 2.48. The highest BCUT2D eigenvalue weighted by molar-refractivity contribution is 5.37. The van der Waals surface area contributed by atoms with Crippen LogP contribution in [0.4, 0.5) is 5.82 Å². The molecule has 0 spiro atoms. The first-order valence-electron chi connectivity index (χ1n) is 7.81. The third-order valence-electron chi connectivity index (χ3n) is 4.42. The summed E-state index contributed by atoms with van der Waals surface area (Å²) < 4.78 is 5.52. The van der Waals surface area contributed by atoms with Gasteiger partial charge in [0.2, 0.25) is 0 Å². The van der Waals surface area contributed by atoms with Gasteiger partial charge in [0.25, 0.3) is 0 Å². The number of hydrogen-bond acceptors (Lipinski definition) is 4. The first-order valence-corrected chi connectivity index (χ1v) is 7.81. The monoisotopic (exact) mass is 275 g/mol. The van der Waals surface area contributed by atoms with Gasteiger partial charge in [0.15, 0.2) is 0 Å². The second kappa shape index (κ2) is 6.55. The summed E-state index contributed by atoms with van der Waals surface area (Å²) in [5.74, 6) is 1.63. The Bertz CT molecular complexity index is 423. The van der Waals surface area contributed by atoms with Crippen LogP contribution in [0.1, 0.15) is 37.3 Å². The minimum atomic E-state index is 0.420. The molecule has 0 aliphatic carbocycles. The number of nitrogens with zero attached hydrogens (tertiary/aromatic N) is 2. The number of aromatic nitrogens is 1. The third-order valence-corrected chi connectivity index (χ3v) is 4.42. The summed E-state index contributed by atoms with van der Waals surface area (Å²) in [6.45, 7) is 4.07. The zero-order valence-electron chi connectivity index (χ0n) is 12.3. The molecule has 0 aromatic carbocycles. The molecule has 1 N–H and O–H groups in total. The second-order valence-corrected chi connectivity index (χ2v) is 6.08. The van der Waals surface area contributed by atoms with Crippen LogP contribution in [-0.4, -0.2) is 49.3 Å². The van der Waals surface area contributed by atoms with Crippen molar-refractivity contribution >= 4 is 5.82 Å². The lowest BCUT2D eigenvalue weighted by Crippen LogP contribution is -2.31. The van der Waals surface area contributed by atoms with Gasteiger partial charge in [-0.3, -0.25) is 0 Å². The number of anilines is 1. The standard InChI is InChI=1S/C16H25N3O/c1-19-9-7-13(8-10-19)15-5-2-6-16(18-15)17-14-4-3-11-20-12-14/h2,5-6,13-14H,3-4,7-12H2,1H3,(H,17,18). The summed E-state index contributed by atoms with van der Waals surface area (Å²) in [6.07, 6.45) is 4.77. The van der Waals surface area contributed by atoms with E-state index in [1.807, 2.05) is 0 Å². The molecule has 1 unspecified atom stereocenters. The molecular weight excluding hydrogens is 250 g/mol. The zero-order chi connectivity index (χ0) is 13.8. The molecule has 0 saturated carbocycles. The van der Waals surface area contributed by atoms with E-state index in [4.69, 9.17) is 9.72 Å². The molecule has 0 radical (unpaired) electrons. The summed E-state index contributed by atoms with van der Waals surface area (Å²) in [7, 11) is 2.20. The maximum Gasteiger partial charge on any atom is 0.126 e. The maximum absolute atomic E-state index is 5.52. The van der Waals surface area contributed by atoms with Gasteiger partial charge in [0.05, 0.1) is 12.6 Å². The van der Waals surface area contributed by atoms with E-state index in [2.05, 4.69) is 35.5 Å². The first kappa shape index (κ1) is 13.8. The number of nitrogens with one attached hydrogen (secondary N) is 1. The lowest BCUT2D eigenvalue weighted by Gasteiger charge is -2.29. The van der Waals surface area contributed by atoms with Gasteiger partial charge < -0.3 is 15.0 Å². The van der Waals surface area contributed by atoms with E-state index < -0.39 is 0 Å². The molecule has 20 heavy (non-hydrogen) atoms. The zero-order valence-corrected chi connectivity index (χ0v) is 12.3. The van der Waals surface area contributed by atoms with Crippen molar-refractivity contribution in [3.8, 4) is 0 Å². The van der Waals surface area contributed by atoms with E-state index in [1.165, 1.54) is 38.0 Å². The number of rotatable bonds is 3. The smallest absolute Gasteiger partial charge is 0.126 e. The average Bonchev–Trinajstić information content (AvgIpc) is 2.49. The molecule has 3 rings (SSSR count). The van der Waals surface area contributed by atoms with Gasteiger partial charge in [-0.2, -0.15) is 0 Å². The maximum atomic E-state index is 5.52. The Morgan fingerprint density at radius 3 is 2.85 bits per heavy atom. The van der Waals surface area contributed by atoms with Crippen molar-refractivity contribution in [1.82, 2.24) is 9.88 Å². The average molecular weight is 275 g/mol. The van der Waals surface area contributed by atoms with Crippen LogP contribution in [0.5, 0.6) is 0 Å². The van der Waals surface area contributed by atoms with Gasteiger partial charge in [-0.1, -0.05) is 6.07 Å². The molecule has 110 valence electrons. The van der Waals surface area contributed by atoms with Crippen LogP contribution in [0.25, 0.3) is 0 Å². The number of pyridine rings is 1. The number of ether oxygens (including phenoxy) is 1. The molecule has 2 fully saturated rings. The molecule has 1 aromatic heterocycles.